The molecule has 1 aromatic carbocycles. The summed E-state index contributed by atoms with van der Waals surface area (Å²) in [4.78, 5) is 35.4. The fraction of sp³-hybridized carbons (Fsp3) is 0.238. The van der Waals surface area contributed by atoms with Gasteiger partial charge in [0.05, 0.1) is 30.9 Å². The van der Waals surface area contributed by atoms with E-state index < -0.39 is 0 Å². The van der Waals surface area contributed by atoms with Crippen LogP contribution in [0.1, 0.15) is 36.2 Å². The van der Waals surface area contributed by atoms with Gasteiger partial charge in [-0.3, -0.25) is 9.59 Å². The number of allylic oxidation sites excluding steroid dienone is 1. The highest BCUT2D eigenvalue weighted by molar-refractivity contribution is 6.10. The highest BCUT2D eigenvalue weighted by Gasteiger charge is 2.28. The normalized spacial score (nSPS) is 13.9. The van der Waals surface area contributed by atoms with E-state index in [9.17, 15) is 9.59 Å². The SMILES string of the molecule is O=C1CCC(c2ccccc2)=C1CC(=O)N(Cc1cocn1)Cc1cocn1. The Morgan fingerprint density at radius 3 is 2.18 bits per heavy atom. The number of amides is 1. The molecule has 1 amide bonds. The summed E-state index contributed by atoms with van der Waals surface area (Å²) < 4.78 is 10.0. The van der Waals surface area contributed by atoms with Crippen LogP contribution in [0.4, 0.5) is 0 Å². The van der Waals surface area contributed by atoms with Crippen molar-refractivity contribution in [3.05, 3.63) is 78.2 Å². The van der Waals surface area contributed by atoms with Crippen molar-refractivity contribution in [2.24, 2.45) is 0 Å². The molecule has 0 saturated carbocycles. The number of aromatic nitrogens is 2. The molecule has 1 aliphatic carbocycles. The number of carbonyl (C=O) groups is 2. The number of oxazole rings is 2. The van der Waals surface area contributed by atoms with Crippen LogP contribution in [0.5, 0.6) is 0 Å². The van der Waals surface area contributed by atoms with Gasteiger partial charge in [0.1, 0.15) is 12.5 Å². The maximum atomic E-state index is 13.1. The molecule has 1 aliphatic rings. The average molecular weight is 377 g/mol. The second kappa shape index (κ2) is 8.04. The first-order valence-corrected chi connectivity index (χ1v) is 9.03. The van der Waals surface area contributed by atoms with Crippen LogP contribution in [0.3, 0.4) is 0 Å². The van der Waals surface area contributed by atoms with Crippen LogP contribution in [-0.2, 0) is 22.7 Å². The Kier molecular flexibility index (Phi) is 5.14. The first-order chi connectivity index (χ1) is 13.7. The molecule has 7 heteroatoms. The van der Waals surface area contributed by atoms with Gasteiger partial charge in [0.15, 0.2) is 18.6 Å². The van der Waals surface area contributed by atoms with Crippen molar-refractivity contribution < 1.29 is 18.4 Å². The van der Waals surface area contributed by atoms with Crippen molar-refractivity contribution in [1.82, 2.24) is 14.9 Å². The molecule has 7 nitrogen and oxygen atoms in total. The predicted molar refractivity (Wildman–Crippen MR) is 99.5 cm³/mol. The van der Waals surface area contributed by atoms with Gasteiger partial charge in [-0.2, -0.15) is 0 Å². The second-order valence-electron chi connectivity index (χ2n) is 6.63. The zero-order valence-electron chi connectivity index (χ0n) is 15.2. The maximum Gasteiger partial charge on any atom is 0.227 e. The summed E-state index contributed by atoms with van der Waals surface area (Å²) in [5.74, 6) is -0.125. The smallest absolute Gasteiger partial charge is 0.227 e. The van der Waals surface area contributed by atoms with Crippen molar-refractivity contribution in [2.75, 3.05) is 0 Å². The van der Waals surface area contributed by atoms with Crippen molar-refractivity contribution in [2.45, 2.75) is 32.4 Å². The highest BCUT2D eigenvalue weighted by Crippen LogP contribution is 2.33. The molecule has 0 fully saturated rings. The van der Waals surface area contributed by atoms with Crippen LogP contribution in [0.25, 0.3) is 5.57 Å². The van der Waals surface area contributed by atoms with Crippen molar-refractivity contribution >= 4 is 17.3 Å². The van der Waals surface area contributed by atoms with E-state index in [2.05, 4.69) is 9.97 Å². The van der Waals surface area contributed by atoms with Crippen LogP contribution in [-0.4, -0.2) is 26.6 Å². The predicted octanol–water partition coefficient (Wildman–Crippen LogP) is 3.40. The molecule has 0 spiro atoms. The minimum atomic E-state index is -0.162. The molecule has 4 rings (SSSR count). The van der Waals surface area contributed by atoms with Crippen molar-refractivity contribution in [3.63, 3.8) is 0 Å². The summed E-state index contributed by atoms with van der Waals surface area (Å²) in [5, 5.41) is 0. The first kappa shape index (κ1) is 17.9. The van der Waals surface area contributed by atoms with E-state index in [-0.39, 0.29) is 31.2 Å². The van der Waals surface area contributed by atoms with Crippen LogP contribution >= 0.6 is 0 Å². The van der Waals surface area contributed by atoms with Crippen molar-refractivity contribution in [1.29, 1.82) is 0 Å². The number of Topliss-reactive ketones (excluding diaryl/α,β-unsaturated/α-hetero) is 1. The topological polar surface area (TPSA) is 89.4 Å². The molecule has 0 saturated heterocycles. The van der Waals surface area contributed by atoms with Gasteiger partial charge in [-0.1, -0.05) is 30.3 Å². The Balaban J connectivity index is 1.58. The third kappa shape index (κ3) is 3.93. The second-order valence-corrected chi connectivity index (χ2v) is 6.63. The minimum absolute atomic E-state index is 0.0371. The summed E-state index contributed by atoms with van der Waals surface area (Å²) in [5.41, 5.74) is 3.82. The number of carbonyl (C=O) groups excluding carboxylic acids is 2. The standard InChI is InChI=1S/C21H19N3O4/c25-20-7-6-18(15-4-2-1-3-5-15)19(20)8-21(26)24(9-16-11-27-13-22-16)10-17-12-28-14-23-17/h1-5,11-14H,6-10H2. The van der Waals surface area contributed by atoms with E-state index in [4.69, 9.17) is 8.83 Å². The average Bonchev–Trinajstić information content (AvgIpc) is 3.46. The number of rotatable bonds is 7. The number of hydrogen-bond donors (Lipinski definition) is 0. The third-order valence-corrected chi connectivity index (χ3v) is 4.78. The molecule has 0 unspecified atom stereocenters. The largest absolute Gasteiger partial charge is 0.451 e. The minimum Gasteiger partial charge on any atom is -0.451 e. The molecule has 0 atom stereocenters. The monoisotopic (exact) mass is 377 g/mol. The molecule has 0 radical (unpaired) electrons. The Bertz CT molecular complexity index is 940. The molecule has 142 valence electrons. The van der Waals surface area contributed by atoms with E-state index in [1.54, 1.807) is 4.90 Å². The lowest BCUT2D eigenvalue weighted by molar-refractivity contribution is -0.132. The number of hydrogen-bond acceptors (Lipinski definition) is 6. The van der Waals surface area contributed by atoms with Gasteiger partial charge in [0.25, 0.3) is 0 Å². The maximum absolute atomic E-state index is 13.1. The van der Waals surface area contributed by atoms with Gasteiger partial charge in [0, 0.05) is 12.0 Å². The molecule has 3 aromatic rings. The zero-order valence-corrected chi connectivity index (χ0v) is 15.2. The molecular weight excluding hydrogens is 358 g/mol. The van der Waals surface area contributed by atoms with E-state index in [1.165, 1.54) is 25.3 Å². The number of benzene rings is 1. The lowest BCUT2D eigenvalue weighted by Gasteiger charge is -2.21. The molecule has 2 heterocycles. The van der Waals surface area contributed by atoms with E-state index in [0.717, 1.165) is 11.1 Å². The Labute approximate surface area is 161 Å². The molecule has 0 aliphatic heterocycles. The van der Waals surface area contributed by atoms with Crippen molar-refractivity contribution in [3.8, 4) is 0 Å². The third-order valence-electron chi connectivity index (χ3n) is 4.78. The fourth-order valence-corrected chi connectivity index (χ4v) is 3.39. The summed E-state index contributed by atoms with van der Waals surface area (Å²) in [6, 6.07) is 9.75. The van der Waals surface area contributed by atoms with Gasteiger partial charge >= 0.3 is 0 Å². The Morgan fingerprint density at radius 2 is 1.61 bits per heavy atom. The van der Waals surface area contributed by atoms with Crippen LogP contribution in [0.2, 0.25) is 0 Å². The molecular formula is C21H19N3O4. The van der Waals surface area contributed by atoms with Gasteiger partial charge in [-0.15, -0.1) is 0 Å². The molecule has 28 heavy (non-hydrogen) atoms. The highest BCUT2D eigenvalue weighted by atomic mass is 16.3. The molecule has 0 bridgehead atoms. The van der Waals surface area contributed by atoms with E-state index in [0.29, 0.717) is 29.8 Å². The summed E-state index contributed by atoms with van der Waals surface area (Å²) >= 11 is 0. The zero-order chi connectivity index (χ0) is 19.3. The van der Waals surface area contributed by atoms with E-state index >= 15 is 0 Å². The summed E-state index contributed by atoms with van der Waals surface area (Å²) in [6.45, 7) is 0.536. The van der Waals surface area contributed by atoms with Gasteiger partial charge in [0.2, 0.25) is 5.91 Å². The number of nitrogens with zero attached hydrogens (tertiary/aromatic N) is 3. The lowest BCUT2D eigenvalue weighted by Crippen LogP contribution is -2.31. The lowest BCUT2D eigenvalue weighted by atomic mass is 9.99. The van der Waals surface area contributed by atoms with Gasteiger partial charge in [-0.25, -0.2) is 9.97 Å². The molecule has 2 aromatic heterocycles. The Hall–Kier alpha value is -3.48. The fourth-order valence-electron chi connectivity index (χ4n) is 3.39. The summed E-state index contributed by atoms with van der Waals surface area (Å²) in [7, 11) is 0. The number of ketones is 1. The van der Waals surface area contributed by atoms with E-state index in [1.807, 2.05) is 30.3 Å². The van der Waals surface area contributed by atoms with Crippen LogP contribution in [0, 0.1) is 0 Å². The quantitative estimate of drug-likeness (QED) is 0.627. The Morgan fingerprint density at radius 1 is 0.964 bits per heavy atom. The van der Waals surface area contributed by atoms with Gasteiger partial charge < -0.3 is 13.7 Å². The van der Waals surface area contributed by atoms with Crippen LogP contribution in [0.15, 0.2) is 70.1 Å². The van der Waals surface area contributed by atoms with Crippen LogP contribution < -0.4 is 0 Å². The molecule has 0 N–H and O–H groups in total. The van der Waals surface area contributed by atoms with Gasteiger partial charge in [-0.05, 0) is 17.6 Å². The summed E-state index contributed by atoms with van der Waals surface area (Å²) in [6.07, 6.45) is 6.81. The first-order valence-electron chi connectivity index (χ1n) is 9.03.